The fraction of sp³-hybridized carbons (Fsp3) is 0. The summed E-state index contributed by atoms with van der Waals surface area (Å²) in [5.74, 6) is 0. The van der Waals surface area contributed by atoms with Crippen LogP contribution < -0.4 is 0 Å². The molecule has 1 aromatic heterocycles. The average Bonchev–Trinajstić information content (AvgIpc) is 2.34. The molecule has 0 saturated carbocycles. The monoisotopic (exact) mass is 292 g/mol. The molecule has 5 heteroatoms. The molecule has 1 heterocycles. The van der Waals surface area contributed by atoms with Gasteiger partial charge in [-0.3, -0.25) is 0 Å². The molecule has 0 radical (unpaired) electrons. The summed E-state index contributed by atoms with van der Waals surface area (Å²) in [5, 5.41) is 0. The van der Waals surface area contributed by atoms with Gasteiger partial charge in [-0.25, -0.2) is 0 Å². The van der Waals surface area contributed by atoms with E-state index in [1.54, 1.807) is 0 Å². The van der Waals surface area contributed by atoms with Gasteiger partial charge >= 0.3 is 0 Å². The van der Waals surface area contributed by atoms with Crippen molar-refractivity contribution >= 4 is 54.6 Å². The lowest BCUT2D eigenvalue weighted by Crippen LogP contribution is -1.72. The van der Waals surface area contributed by atoms with Crippen molar-refractivity contribution in [1.82, 2.24) is 8.75 Å². The van der Waals surface area contributed by atoms with E-state index in [-0.39, 0.29) is 0 Å². The normalized spacial score (nSPS) is 10.7. The quantitative estimate of drug-likeness (QED) is 0.745. The van der Waals surface area contributed by atoms with Crippen LogP contribution in [0.15, 0.2) is 21.1 Å². The van der Waals surface area contributed by atoms with Crippen LogP contribution in [0.5, 0.6) is 0 Å². The van der Waals surface area contributed by atoms with E-state index in [2.05, 4.69) is 40.6 Å². The summed E-state index contributed by atoms with van der Waals surface area (Å²) in [6.07, 6.45) is 0. The zero-order valence-electron chi connectivity index (χ0n) is 5.21. The standard InChI is InChI=1S/C6H2Br2N2S/c7-3-1-4(8)6-5(2-3)9-11-10-6/h1-2H. The van der Waals surface area contributed by atoms with Crippen molar-refractivity contribution in [3.63, 3.8) is 0 Å². The van der Waals surface area contributed by atoms with Gasteiger partial charge in [-0.05, 0) is 28.1 Å². The zero-order valence-corrected chi connectivity index (χ0v) is 9.20. The average molecular weight is 294 g/mol. The molecule has 0 N–H and O–H groups in total. The van der Waals surface area contributed by atoms with Crippen LogP contribution in [0.3, 0.4) is 0 Å². The molecule has 0 aliphatic rings. The van der Waals surface area contributed by atoms with Gasteiger partial charge in [-0.15, -0.1) is 0 Å². The van der Waals surface area contributed by atoms with Crippen molar-refractivity contribution in [3.8, 4) is 0 Å². The lowest BCUT2D eigenvalue weighted by molar-refractivity contribution is 1.58. The lowest BCUT2D eigenvalue weighted by Gasteiger charge is -1.91. The Balaban J connectivity index is 2.91. The summed E-state index contributed by atoms with van der Waals surface area (Å²) in [6, 6.07) is 3.91. The van der Waals surface area contributed by atoms with E-state index < -0.39 is 0 Å². The highest BCUT2D eigenvalue weighted by Crippen LogP contribution is 2.26. The first-order valence-electron chi connectivity index (χ1n) is 2.85. The van der Waals surface area contributed by atoms with E-state index in [4.69, 9.17) is 0 Å². The van der Waals surface area contributed by atoms with Crippen LogP contribution in [0.4, 0.5) is 0 Å². The Kier molecular flexibility index (Phi) is 1.95. The summed E-state index contributed by atoms with van der Waals surface area (Å²) in [6.45, 7) is 0. The summed E-state index contributed by atoms with van der Waals surface area (Å²) in [4.78, 5) is 0. The van der Waals surface area contributed by atoms with Crippen molar-refractivity contribution in [2.75, 3.05) is 0 Å². The SMILES string of the molecule is Brc1cc(Br)c2nsnc2c1. The van der Waals surface area contributed by atoms with Crippen LogP contribution in [0.25, 0.3) is 11.0 Å². The minimum atomic E-state index is 0.927. The highest BCUT2D eigenvalue weighted by molar-refractivity contribution is 9.11. The molecule has 0 unspecified atom stereocenters. The lowest BCUT2D eigenvalue weighted by atomic mass is 10.3. The van der Waals surface area contributed by atoms with Gasteiger partial charge in [0.15, 0.2) is 0 Å². The van der Waals surface area contributed by atoms with Gasteiger partial charge < -0.3 is 0 Å². The fourth-order valence-corrected chi connectivity index (χ4v) is 2.77. The van der Waals surface area contributed by atoms with Crippen molar-refractivity contribution in [2.45, 2.75) is 0 Å². The Bertz CT molecular complexity index is 398. The van der Waals surface area contributed by atoms with Crippen LogP contribution in [0.1, 0.15) is 0 Å². The van der Waals surface area contributed by atoms with E-state index in [1.807, 2.05) is 12.1 Å². The number of hydrogen-bond acceptors (Lipinski definition) is 3. The van der Waals surface area contributed by atoms with E-state index >= 15 is 0 Å². The van der Waals surface area contributed by atoms with Gasteiger partial charge in [-0.2, -0.15) is 8.75 Å². The predicted molar refractivity (Wildman–Crippen MR) is 52.8 cm³/mol. The van der Waals surface area contributed by atoms with Crippen LogP contribution in [0, 0.1) is 0 Å². The Morgan fingerprint density at radius 3 is 2.82 bits per heavy atom. The third kappa shape index (κ3) is 1.32. The second kappa shape index (κ2) is 2.80. The molecule has 0 spiro atoms. The second-order valence-corrected chi connectivity index (χ2v) is 4.32. The zero-order chi connectivity index (χ0) is 7.84. The number of aromatic nitrogens is 2. The summed E-state index contributed by atoms with van der Waals surface area (Å²) in [7, 11) is 0. The van der Waals surface area contributed by atoms with Crippen LogP contribution in [-0.4, -0.2) is 8.75 Å². The largest absolute Gasteiger partial charge is 0.173 e. The number of hydrogen-bond donors (Lipinski definition) is 0. The van der Waals surface area contributed by atoms with Crippen LogP contribution >= 0.6 is 43.6 Å². The van der Waals surface area contributed by atoms with Crippen molar-refractivity contribution in [2.24, 2.45) is 0 Å². The highest BCUT2D eigenvalue weighted by atomic mass is 79.9. The first-order valence-corrected chi connectivity index (χ1v) is 5.16. The molecule has 11 heavy (non-hydrogen) atoms. The minimum absolute atomic E-state index is 0.927. The fourth-order valence-electron chi connectivity index (χ4n) is 0.818. The molecular weight excluding hydrogens is 292 g/mol. The molecule has 0 fully saturated rings. The molecule has 56 valence electrons. The van der Waals surface area contributed by atoms with Crippen molar-refractivity contribution in [3.05, 3.63) is 21.1 Å². The van der Waals surface area contributed by atoms with Gasteiger partial charge in [0.1, 0.15) is 11.0 Å². The summed E-state index contributed by atoms with van der Waals surface area (Å²) in [5.41, 5.74) is 1.86. The summed E-state index contributed by atoms with van der Waals surface area (Å²) >= 11 is 8.00. The Morgan fingerprint density at radius 2 is 2.00 bits per heavy atom. The molecule has 2 aromatic rings. The molecule has 2 rings (SSSR count). The molecule has 1 aromatic carbocycles. The number of halogens is 2. The highest BCUT2D eigenvalue weighted by Gasteiger charge is 2.03. The Morgan fingerprint density at radius 1 is 1.18 bits per heavy atom. The van der Waals surface area contributed by atoms with Gasteiger partial charge in [0, 0.05) is 8.95 Å². The third-order valence-corrected chi connectivity index (χ3v) is 2.88. The van der Waals surface area contributed by atoms with Crippen molar-refractivity contribution in [1.29, 1.82) is 0 Å². The molecule has 2 nitrogen and oxygen atoms in total. The maximum Gasteiger partial charge on any atom is 0.119 e. The first-order chi connectivity index (χ1) is 5.27. The van der Waals surface area contributed by atoms with Crippen molar-refractivity contribution < 1.29 is 0 Å². The minimum Gasteiger partial charge on any atom is -0.173 e. The second-order valence-electron chi connectivity index (χ2n) is 2.02. The number of nitrogens with zero attached hydrogens (tertiary/aromatic N) is 2. The topological polar surface area (TPSA) is 25.8 Å². The van der Waals surface area contributed by atoms with Gasteiger partial charge in [0.2, 0.25) is 0 Å². The smallest absolute Gasteiger partial charge is 0.119 e. The van der Waals surface area contributed by atoms with E-state index in [1.165, 1.54) is 11.7 Å². The Hall–Kier alpha value is -0.0000000000000000555. The molecule has 0 bridgehead atoms. The maximum atomic E-state index is 4.12. The molecule has 0 aliphatic carbocycles. The summed E-state index contributed by atoms with van der Waals surface area (Å²) < 4.78 is 10.2. The molecule has 0 aliphatic heterocycles. The number of rotatable bonds is 0. The maximum absolute atomic E-state index is 4.12. The van der Waals surface area contributed by atoms with Gasteiger partial charge in [0.25, 0.3) is 0 Å². The van der Waals surface area contributed by atoms with Gasteiger partial charge in [0.05, 0.1) is 11.7 Å². The first kappa shape index (κ1) is 7.64. The van der Waals surface area contributed by atoms with E-state index in [0.717, 1.165) is 20.0 Å². The van der Waals surface area contributed by atoms with Crippen LogP contribution in [0.2, 0.25) is 0 Å². The molecule has 0 saturated heterocycles. The molecule has 0 amide bonds. The van der Waals surface area contributed by atoms with E-state index in [9.17, 15) is 0 Å². The number of benzene rings is 1. The van der Waals surface area contributed by atoms with Crippen LogP contribution in [-0.2, 0) is 0 Å². The predicted octanol–water partition coefficient (Wildman–Crippen LogP) is 3.22. The third-order valence-electron chi connectivity index (χ3n) is 1.28. The molecule has 0 atom stereocenters. The molecular formula is C6H2Br2N2S. The number of fused-ring (bicyclic) bond motifs is 1. The van der Waals surface area contributed by atoms with E-state index in [0.29, 0.717) is 0 Å². The Labute approximate surface area is 84.2 Å². The van der Waals surface area contributed by atoms with Gasteiger partial charge in [-0.1, -0.05) is 15.9 Å².